The van der Waals surface area contributed by atoms with Crippen LogP contribution in [0, 0.1) is 11.8 Å². The molecule has 3 heteroatoms. The molecule has 0 amide bonds. The van der Waals surface area contributed by atoms with Gasteiger partial charge in [-0.3, -0.25) is 9.78 Å². The van der Waals surface area contributed by atoms with E-state index in [1.54, 1.807) is 0 Å². The maximum Gasteiger partial charge on any atom is 0.172 e. The summed E-state index contributed by atoms with van der Waals surface area (Å²) < 4.78 is 0. The monoisotopic (exact) mass is 306 g/mol. The minimum absolute atomic E-state index is 0.119. The second kappa shape index (κ2) is 6.25. The smallest absolute Gasteiger partial charge is 0.172 e. The number of carbonyl (C=O) groups is 1. The highest BCUT2D eigenvalue weighted by molar-refractivity contribution is 6.01. The van der Waals surface area contributed by atoms with Gasteiger partial charge in [0.15, 0.2) is 5.78 Å². The number of piperidine rings is 3. The number of carbonyl (C=O) groups excluding carboxylic acids is 1. The van der Waals surface area contributed by atoms with Gasteiger partial charge in [0.1, 0.15) is 0 Å². The summed E-state index contributed by atoms with van der Waals surface area (Å²) in [4.78, 5) is 20.3. The van der Waals surface area contributed by atoms with Crippen molar-refractivity contribution in [1.29, 1.82) is 0 Å². The van der Waals surface area contributed by atoms with E-state index in [1.807, 2.05) is 54.7 Å². The molecule has 4 heterocycles. The van der Waals surface area contributed by atoms with Crippen LogP contribution >= 0.6 is 0 Å². The van der Waals surface area contributed by atoms with Crippen molar-refractivity contribution in [1.82, 2.24) is 9.88 Å². The largest absolute Gasteiger partial charge is 0.303 e. The van der Waals surface area contributed by atoms with Gasteiger partial charge < -0.3 is 4.90 Å². The topological polar surface area (TPSA) is 33.2 Å². The minimum Gasteiger partial charge on any atom is -0.303 e. The van der Waals surface area contributed by atoms with Gasteiger partial charge in [-0.25, -0.2) is 0 Å². The first kappa shape index (κ1) is 14.6. The summed E-state index contributed by atoms with van der Waals surface area (Å²) in [5, 5.41) is 0. The molecule has 3 saturated heterocycles. The van der Waals surface area contributed by atoms with Crippen molar-refractivity contribution < 1.29 is 4.79 Å². The first-order chi connectivity index (χ1) is 11.3. The molecule has 0 saturated carbocycles. The Morgan fingerprint density at radius 1 is 1.04 bits per heavy atom. The summed E-state index contributed by atoms with van der Waals surface area (Å²) in [5.41, 5.74) is 1.74. The van der Waals surface area contributed by atoms with Crippen molar-refractivity contribution in [2.45, 2.75) is 18.8 Å². The van der Waals surface area contributed by atoms with E-state index in [0.29, 0.717) is 11.8 Å². The normalized spacial score (nSPS) is 27.6. The summed E-state index contributed by atoms with van der Waals surface area (Å²) in [6, 6.07) is 15.6. The third-order valence-electron chi connectivity index (χ3n) is 5.48. The molecule has 118 valence electrons. The SMILES string of the molecule is O=C(c1ccccc1)[C@@H](c1ccccn1)[C@H]1CN2CCC1CC2. The number of rotatable bonds is 4. The van der Waals surface area contributed by atoms with Crippen LogP contribution < -0.4 is 0 Å². The standard InChI is InChI=1S/C20H22N2O/c23-20(16-6-2-1-3-7-16)19(18-8-4-5-11-21-18)17-14-22-12-9-15(17)10-13-22/h1-8,11,15,17,19H,9-10,12-14H2/t17-,19+/m0/s1. The predicted molar refractivity (Wildman–Crippen MR) is 90.4 cm³/mol. The molecule has 2 atom stereocenters. The zero-order valence-electron chi connectivity index (χ0n) is 13.3. The Morgan fingerprint density at radius 2 is 1.78 bits per heavy atom. The number of benzene rings is 1. The molecule has 3 aliphatic heterocycles. The zero-order valence-corrected chi connectivity index (χ0v) is 13.3. The molecule has 3 fully saturated rings. The van der Waals surface area contributed by atoms with E-state index in [-0.39, 0.29) is 11.7 Å². The Hall–Kier alpha value is -2.00. The molecule has 0 spiro atoms. The second-order valence-corrected chi connectivity index (χ2v) is 6.76. The first-order valence-electron chi connectivity index (χ1n) is 8.55. The fourth-order valence-electron chi connectivity index (χ4n) is 4.28. The van der Waals surface area contributed by atoms with Gasteiger partial charge >= 0.3 is 0 Å². The Bertz CT molecular complexity index is 663. The number of hydrogen-bond donors (Lipinski definition) is 0. The van der Waals surface area contributed by atoms with Gasteiger partial charge in [0.05, 0.1) is 11.6 Å². The number of nitrogens with zero attached hydrogens (tertiary/aromatic N) is 2. The molecule has 2 bridgehead atoms. The Balaban J connectivity index is 1.71. The summed E-state index contributed by atoms with van der Waals surface area (Å²) in [5.74, 6) is 1.15. The highest BCUT2D eigenvalue weighted by Crippen LogP contribution is 2.41. The molecule has 1 aromatic carbocycles. The molecular formula is C20H22N2O. The molecule has 0 unspecified atom stereocenters. The fourth-order valence-corrected chi connectivity index (χ4v) is 4.28. The Kier molecular flexibility index (Phi) is 3.96. The van der Waals surface area contributed by atoms with Gasteiger partial charge in [0.25, 0.3) is 0 Å². The number of hydrogen-bond acceptors (Lipinski definition) is 3. The first-order valence-corrected chi connectivity index (χ1v) is 8.55. The van der Waals surface area contributed by atoms with Gasteiger partial charge in [-0.15, -0.1) is 0 Å². The van der Waals surface area contributed by atoms with Crippen molar-refractivity contribution in [2.24, 2.45) is 11.8 Å². The van der Waals surface area contributed by atoms with Gasteiger partial charge in [0, 0.05) is 18.3 Å². The van der Waals surface area contributed by atoms with Gasteiger partial charge in [-0.1, -0.05) is 36.4 Å². The molecule has 3 aliphatic rings. The number of fused-ring (bicyclic) bond motifs is 3. The van der Waals surface area contributed by atoms with E-state index in [0.717, 1.165) is 17.8 Å². The van der Waals surface area contributed by atoms with Crippen LogP contribution in [-0.2, 0) is 0 Å². The molecule has 23 heavy (non-hydrogen) atoms. The number of Topliss-reactive ketones (excluding diaryl/α,β-unsaturated/α-hetero) is 1. The van der Waals surface area contributed by atoms with E-state index < -0.39 is 0 Å². The van der Waals surface area contributed by atoms with Crippen LogP contribution in [0.5, 0.6) is 0 Å². The van der Waals surface area contributed by atoms with E-state index >= 15 is 0 Å². The van der Waals surface area contributed by atoms with Crippen LogP contribution in [0.1, 0.15) is 34.8 Å². The summed E-state index contributed by atoms with van der Waals surface area (Å²) in [7, 11) is 0. The van der Waals surface area contributed by atoms with Crippen LogP contribution in [-0.4, -0.2) is 35.3 Å². The van der Waals surface area contributed by atoms with Crippen LogP contribution in [0.15, 0.2) is 54.7 Å². The molecule has 5 rings (SSSR count). The maximum absolute atomic E-state index is 13.3. The van der Waals surface area contributed by atoms with E-state index in [1.165, 1.54) is 25.9 Å². The average molecular weight is 306 g/mol. The lowest BCUT2D eigenvalue weighted by Crippen LogP contribution is -2.50. The number of ketones is 1. The maximum atomic E-state index is 13.3. The van der Waals surface area contributed by atoms with Crippen molar-refractivity contribution in [2.75, 3.05) is 19.6 Å². The second-order valence-electron chi connectivity index (χ2n) is 6.76. The molecule has 0 radical (unpaired) electrons. The highest BCUT2D eigenvalue weighted by atomic mass is 16.1. The van der Waals surface area contributed by atoms with Crippen LogP contribution in [0.4, 0.5) is 0 Å². The molecule has 3 nitrogen and oxygen atoms in total. The average Bonchev–Trinajstić information content (AvgIpc) is 2.64. The summed E-state index contributed by atoms with van der Waals surface area (Å²) in [6.07, 6.45) is 4.24. The van der Waals surface area contributed by atoms with E-state index in [2.05, 4.69) is 9.88 Å². The van der Waals surface area contributed by atoms with Crippen LogP contribution in [0.3, 0.4) is 0 Å². The molecule has 1 aromatic heterocycles. The van der Waals surface area contributed by atoms with Crippen LogP contribution in [0.25, 0.3) is 0 Å². The quantitative estimate of drug-likeness (QED) is 0.812. The number of pyridine rings is 1. The zero-order chi connectivity index (χ0) is 15.6. The van der Waals surface area contributed by atoms with Crippen LogP contribution in [0.2, 0.25) is 0 Å². The molecule has 0 N–H and O–H groups in total. The summed E-state index contributed by atoms with van der Waals surface area (Å²) >= 11 is 0. The lowest BCUT2D eigenvalue weighted by atomic mass is 9.69. The van der Waals surface area contributed by atoms with Gasteiger partial charge in [-0.2, -0.15) is 0 Å². The Labute approximate surface area is 137 Å². The third kappa shape index (κ3) is 2.81. The highest BCUT2D eigenvalue weighted by Gasteiger charge is 2.42. The fraction of sp³-hybridized carbons (Fsp3) is 0.400. The minimum atomic E-state index is -0.119. The van der Waals surface area contributed by atoms with Crippen molar-refractivity contribution in [3.05, 3.63) is 66.0 Å². The van der Waals surface area contributed by atoms with Crippen molar-refractivity contribution in [3.63, 3.8) is 0 Å². The van der Waals surface area contributed by atoms with Gasteiger partial charge in [0.2, 0.25) is 0 Å². The third-order valence-corrected chi connectivity index (χ3v) is 5.48. The summed E-state index contributed by atoms with van der Waals surface area (Å²) in [6.45, 7) is 3.41. The van der Waals surface area contributed by atoms with Crippen molar-refractivity contribution in [3.8, 4) is 0 Å². The molecule has 0 aliphatic carbocycles. The van der Waals surface area contributed by atoms with E-state index in [4.69, 9.17) is 0 Å². The molecular weight excluding hydrogens is 284 g/mol. The lowest BCUT2D eigenvalue weighted by molar-refractivity contribution is 0.0340. The van der Waals surface area contributed by atoms with Gasteiger partial charge in [-0.05, 0) is 49.9 Å². The van der Waals surface area contributed by atoms with Crippen molar-refractivity contribution >= 4 is 5.78 Å². The van der Waals surface area contributed by atoms with E-state index in [9.17, 15) is 4.79 Å². The Morgan fingerprint density at radius 3 is 2.39 bits per heavy atom. The lowest BCUT2D eigenvalue weighted by Gasteiger charge is -2.47. The molecule has 2 aromatic rings. The predicted octanol–water partition coefficient (Wildman–Crippen LogP) is 3.39. The number of aromatic nitrogens is 1.